The second-order valence-corrected chi connectivity index (χ2v) is 8.82. The summed E-state index contributed by atoms with van der Waals surface area (Å²) in [4.78, 5) is 26.8. The number of nitrogens with zero attached hydrogens (tertiary/aromatic N) is 1. The van der Waals surface area contributed by atoms with Gasteiger partial charge < -0.3 is 14.8 Å². The highest BCUT2D eigenvalue weighted by Gasteiger charge is 2.31. The molecule has 1 fully saturated rings. The van der Waals surface area contributed by atoms with Crippen LogP contribution in [0.15, 0.2) is 54.0 Å². The molecule has 0 saturated carbocycles. The average molecular weight is 489 g/mol. The van der Waals surface area contributed by atoms with E-state index in [0.29, 0.717) is 38.0 Å². The molecule has 0 aromatic heterocycles. The van der Waals surface area contributed by atoms with Crippen LogP contribution >= 0.6 is 35.6 Å². The molecule has 6 nitrogen and oxygen atoms in total. The van der Waals surface area contributed by atoms with Crippen molar-refractivity contribution in [2.24, 2.45) is 0 Å². The second-order valence-electron chi connectivity index (χ2n) is 6.74. The van der Waals surface area contributed by atoms with Gasteiger partial charge in [0.05, 0.1) is 12.0 Å². The lowest BCUT2D eigenvalue weighted by Gasteiger charge is -2.13. The SMILES string of the molecule is C=CCN1C(=O)/C(=C/c2ccc(OCC(=O)Nc3cccc(Cl)c3C)c(OC)c2)SC1=S. The van der Waals surface area contributed by atoms with Crippen molar-refractivity contribution in [1.82, 2.24) is 4.90 Å². The first kappa shape index (κ1) is 23.8. The molecule has 0 radical (unpaired) electrons. The van der Waals surface area contributed by atoms with Crippen molar-refractivity contribution in [3.8, 4) is 11.5 Å². The summed E-state index contributed by atoms with van der Waals surface area (Å²) in [5.74, 6) is 0.355. The Bertz CT molecular complexity index is 1120. The van der Waals surface area contributed by atoms with E-state index < -0.39 is 0 Å². The highest BCUT2D eigenvalue weighted by atomic mass is 35.5. The number of carbonyl (C=O) groups excluding carboxylic acids is 2. The van der Waals surface area contributed by atoms with Gasteiger partial charge in [-0.2, -0.15) is 0 Å². The highest BCUT2D eigenvalue weighted by Crippen LogP contribution is 2.34. The molecule has 2 aromatic carbocycles. The van der Waals surface area contributed by atoms with Crippen molar-refractivity contribution in [2.75, 3.05) is 25.6 Å². The topological polar surface area (TPSA) is 67.9 Å². The van der Waals surface area contributed by atoms with Crippen LogP contribution in [0.1, 0.15) is 11.1 Å². The summed E-state index contributed by atoms with van der Waals surface area (Å²) in [6.07, 6.45) is 3.37. The minimum atomic E-state index is -0.326. The molecule has 0 aliphatic carbocycles. The third kappa shape index (κ3) is 5.51. The predicted molar refractivity (Wildman–Crippen MR) is 133 cm³/mol. The second kappa shape index (κ2) is 10.7. The quantitative estimate of drug-likeness (QED) is 0.318. The first-order valence-corrected chi connectivity index (χ1v) is 11.2. The Balaban J connectivity index is 1.68. The molecule has 166 valence electrons. The molecule has 3 rings (SSSR count). The molecule has 1 heterocycles. The van der Waals surface area contributed by atoms with Crippen molar-refractivity contribution in [3.63, 3.8) is 0 Å². The smallest absolute Gasteiger partial charge is 0.266 e. The number of methoxy groups -OCH3 is 1. The van der Waals surface area contributed by atoms with Gasteiger partial charge in [0.25, 0.3) is 11.8 Å². The normalized spacial score (nSPS) is 14.6. The lowest BCUT2D eigenvalue weighted by atomic mass is 10.2. The van der Waals surface area contributed by atoms with Gasteiger partial charge in [-0.05, 0) is 48.4 Å². The van der Waals surface area contributed by atoms with Crippen molar-refractivity contribution < 1.29 is 19.1 Å². The summed E-state index contributed by atoms with van der Waals surface area (Å²) >= 11 is 12.6. The van der Waals surface area contributed by atoms with E-state index in [-0.39, 0.29) is 18.4 Å². The Morgan fingerprint density at radius 3 is 2.81 bits per heavy atom. The van der Waals surface area contributed by atoms with Gasteiger partial charge in [0.1, 0.15) is 4.32 Å². The van der Waals surface area contributed by atoms with E-state index in [0.717, 1.165) is 11.1 Å². The number of hydrogen-bond acceptors (Lipinski definition) is 6. The summed E-state index contributed by atoms with van der Waals surface area (Å²) in [6, 6.07) is 10.5. The van der Waals surface area contributed by atoms with Crippen LogP contribution in [-0.2, 0) is 9.59 Å². The lowest BCUT2D eigenvalue weighted by molar-refractivity contribution is -0.121. The molecular weight excluding hydrogens is 468 g/mol. The van der Waals surface area contributed by atoms with Crippen LogP contribution < -0.4 is 14.8 Å². The zero-order valence-corrected chi connectivity index (χ0v) is 19.9. The molecule has 2 aromatic rings. The van der Waals surface area contributed by atoms with Crippen LogP contribution in [0, 0.1) is 6.92 Å². The minimum absolute atomic E-state index is 0.160. The van der Waals surface area contributed by atoms with Crippen LogP contribution in [0.3, 0.4) is 0 Å². The van der Waals surface area contributed by atoms with Gasteiger partial charge in [-0.3, -0.25) is 14.5 Å². The van der Waals surface area contributed by atoms with Crippen LogP contribution in [0.25, 0.3) is 6.08 Å². The molecule has 0 bridgehead atoms. The number of thioether (sulfide) groups is 1. The maximum absolute atomic E-state index is 12.5. The van der Waals surface area contributed by atoms with Gasteiger partial charge in [-0.25, -0.2) is 0 Å². The third-order valence-electron chi connectivity index (χ3n) is 4.57. The number of anilines is 1. The molecule has 1 aliphatic heterocycles. The zero-order chi connectivity index (χ0) is 23.3. The molecule has 9 heteroatoms. The summed E-state index contributed by atoms with van der Waals surface area (Å²) in [5.41, 5.74) is 2.15. The van der Waals surface area contributed by atoms with E-state index >= 15 is 0 Å². The van der Waals surface area contributed by atoms with Crippen molar-refractivity contribution in [1.29, 1.82) is 0 Å². The van der Waals surface area contributed by atoms with E-state index in [1.165, 1.54) is 23.8 Å². The Labute approximate surface area is 201 Å². The molecule has 2 amide bonds. The van der Waals surface area contributed by atoms with E-state index in [9.17, 15) is 9.59 Å². The van der Waals surface area contributed by atoms with E-state index in [1.807, 2.05) is 6.92 Å². The number of carbonyl (C=O) groups is 2. The molecule has 1 saturated heterocycles. The number of rotatable bonds is 8. The van der Waals surface area contributed by atoms with Crippen molar-refractivity contribution in [2.45, 2.75) is 6.92 Å². The van der Waals surface area contributed by atoms with Gasteiger partial charge in [0, 0.05) is 17.3 Å². The number of amides is 2. The number of hydrogen-bond donors (Lipinski definition) is 1. The van der Waals surface area contributed by atoms with Crippen LogP contribution in [0.5, 0.6) is 11.5 Å². The summed E-state index contributed by atoms with van der Waals surface area (Å²) in [7, 11) is 1.50. The minimum Gasteiger partial charge on any atom is -0.493 e. The van der Waals surface area contributed by atoms with Gasteiger partial charge in [0.2, 0.25) is 0 Å². The van der Waals surface area contributed by atoms with Crippen molar-refractivity contribution in [3.05, 3.63) is 70.1 Å². The first-order chi connectivity index (χ1) is 15.3. The first-order valence-electron chi connectivity index (χ1n) is 9.56. The third-order valence-corrected chi connectivity index (χ3v) is 6.36. The van der Waals surface area contributed by atoms with Gasteiger partial charge in [0.15, 0.2) is 18.1 Å². The van der Waals surface area contributed by atoms with Crippen LogP contribution in [-0.4, -0.2) is 41.3 Å². The lowest BCUT2D eigenvalue weighted by Crippen LogP contribution is -2.27. The standard InChI is InChI=1S/C23H21ClN2O4S2/c1-4-10-26-22(28)20(32-23(26)31)12-15-8-9-18(19(11-15)29-3)30-13-21(27)25-17-7-5-6-16(24)14(17)2/h4-9,11-12H,1,10,13H2,2-3H3,(H,25,27)/b20-12-. The highest BCUT2D eigenvalue weighted by molar-refractivity contribution is 8.26. The Morgan fingerprint density at radius 2 is 2.09 bits per heavy atom. The monoisotopic (exact) mass is 488 g/mol. The number of nitrogens with one attached hydrogen (secondary N) is 1. The maximum atomic E-state index is 12.5. The molecular formula is C23H21ClN2O4S2. The van der Waals surface area contributed by atoms with Gasteiger partial charge in [-0.15, -0.1) is 6.58 Å². The summed E-state index contributed by atoms with van der Waals surface area (Å²) < 4.78 is 11.5. The molecule has 1 N–H and O–H groups in total. The summed E-state index contributed by atoms with van der Waals surface area (Å²) in [5, 5.41) is 3.35. The van der Waals surface area contributed by atoms with Crippen molar-refractivity contribution >= 4 is 63.5 Å². The zero-order valence-electron chi connectivity index (χ0n) is 17.5. The average Bonchev–Trinajstić information content (AvgIpc) is 3.03. The van der Waals surface area contributed by atoms with Crippen LogP contribution in [0.4, 0.5) is 5.69 Å². The largest absolute Gasteiger partial charge is 0.493 e. The molecule has 1 aliphatic rings. The maximum Gasteiger partial charge on any atom is 0.266 e. The van der Waals surface area contributed by atoms with Gasteiger partial charge in [-0.1, -0.05) is 53.8 Å². The fraction of sp³-hybridized carbons (Fsp3) is 0.174. The van der Waals surface area contributed by atoms with E-state index in [2.05, 4.69) is 11.9 Å². The van der Waals surface area contributed by atoms with Crippen LogP contribution in [0.2, 0.25) is 5.02 Å². The summed E-state index contributed by atoms with van der Waals surface area (Å²) in [6.45, 7) is 5.64. The fourth-order valence-electron chi connectivity index (χ4n) is 2.90. The number of ether oxygens (including phenoxy) is 2. The molecule has 0 atom stereocenters. The Hall–Kier alpha value is -2.81. The van der Waals surface area contributed by atoms with Gasteiger partial charge >= 0.3 is 0 Å². The molecule has 0 unspecified atom stereocenters. The number of thiocarbonyl (C=S) groups is 1. The Kier molecular flexibility index (Phi) is 7.95. The number of benzene rings is 2. The van der Waals surface area contributed by atoms with E-state index in [1.54, 1.807) is 48.6 Å². The number of halogens is 1. The molecule has 0 spiro atoms. The predicted octanol–water partition coefficient (Wildman–Crippen LogP) is 5.06. The van der Waals surface area contributed by atoms with E-state index in [4.69, 9.17) is 33.3 Å². The molecule has 32 heavy (non-hydrogen) atoms. The fourth-order valence-corrected chi connectivity index (χ4v) is 4.35. The Morgan fingerprint density at radius 1 is 1.31 bits per heavy atom.